The number of allylic oxidation sites excluding steroid dienone is 1. The molecule has 0 aromatic heterocycles. The molecule has 104 valence electrons. The van der Waals surface area contributed by atoms with Gasteiger partial charge in [0, 0.05) is 37.8 Å². The molecule has 1 saturated heterocycles. The first-order chi connectivity index (χ1) is 9.18. The Bertz CT molecular complexity index is 401. The van der Waals surface area contributed by atoms with Gasteiger partial charge in [0.15, 0.2) is 0 Å². The molecule has 0 aromatic carbocycles. The molecule has 0 bridgehead atoms. The molecule has 2 amide bonds. The van der Waals surface area contributed by atoms with Gasteiger partial charge in [0.1, 0.15) is 0 Å². The van der Waals surface area contributed by atoms with Gasteiger partial charge in [0.05, 0.1) is 0 Å². The highest BCUT2D eigenvalue weighted by atomic mass is 16.2. The third kappa shape index (κ3) is 3.69. The topological polar surface area (TPSA) is 40.6 Å². The zero-order valence-electron chi connectivity index (χ0n) is 11.4. The van der Waals surface area contributed by atoms with E-state index in [1.165, 1.54) is 0 Å². The summed E-state index contributed by atoms with van der Waals surface area (Å²) < 4.78 is 0. The Morgan fingerprint density at radius 3 is 2.84 bits per heavy atom. The van der Waals surface area contributed by atoms with Gasteiger partial charge < -0.3 is 9.80 Å². The van der Waals surface area contributed by atoms with Gasteiger partial charge in [-0.2, -0.15) is 0 Å². The number of unbranched alkanes of at least 4 members (excludes halogenated alkanes) is 1. The number of rotatable bonds is 5. The first-order valence-corrected chi connectivity index (χ1v) is 7.12. The van der Waals surface area contributed by atoms with E-state index in [9.17, 15) is 9.59 Å². The first kappa shape index (κ1) is 13.8. The lowest BCUT2D eigenvalue weighted by Gasteiger charge is -2.29. The van der Waals surface area contributed by atoms with E-state index in [0.717, 1.165) is 57.4 Å². The molecule has 0 spiro atoms. The summed E-state index contributed by atoms with van der Waals surface area (Å²) in [6, 6.07) is 0. The number of carbonyl (C=O) groups excluding carboxylic acids is 2. The number of piperidine rings is 1. The lowest BCUT2D eigenvalue weighted by Crippen LogP contribution is -2.33. The largest absolute Gasteiger partial charge is 0.335 e. The van der Waals surface area contributed by atoms with Crippen molar-refractivity contribution in [2.75, 3.05) is 19.6 Å². The molecule has 2 aliphatic rings. The summed E-state index contributed by atoms with van der Waals surface area (Å²) in [5, 5.41) is 0. The SMILES string of the molecule is C=C1CCCCN1C(=O)CCCCN1CC=CC1=O. The fraction of sp³-hybridized carbons (Fsp3) is 0.600. The van der Waals surface area contributed by atoms with Crippen LogP contribution in [0.25, 0.3) is 0 Å². The maximum absolute atomic E-state index is 12.0. The van der Waals surface area contributed by atoms with E-state index in [1.807, 2.05) is 15.9 Å². The Labute approximate surface area is 114 Å². The van der Waals surface area contributed by atoms with Crippen LogP contribution in [0, 0.1) is 0 Å². The third-order valence-electron chi connectivity index (χ3n) is 3.75. The highest BCUT2D eigenvalue weighted by molar-refractivity contribution is 5.89. The molecule has 2 heterocycles. The van der Waals surface area contributed by atoms with Gasteiger partial charge in [-0.05, 0) is 32.1 Å². The molecule has 0 saturated carbocycles. The van der Waals surface area contributed by atoms with Gasteiger partial charge in [0.25, 0.3) is 0 Å². The predicted octanol–water partition coefficient (Wildman–Crippen LogP) is 2.08. The van der Waals surface area contributed by atoms with Crippen molar-refractivity contribution in [3.05, 3.63) is 24.4 Å². The number of nitrogens with zero attached hydrogens (tertiary/aromatic N) is 2. The summed E-state index contributed by atoms with van der Waals surface area (Å²) in [6.45, 7) is 6.26. The standard InChI is InChI=1S/C15H22N2O2/c1-13-7-2-5-12-17(13)15(19)8-3-4-10-16-11-6-9-14(16)18/h6,9H,1-5,7-8,10-12H2. The molecule has 1 fully saturated rings. The minimum Gasteiger partial charge on any atom is -0.335 e. The van der Waals surface area contributed by atoms with Crippen molar-refractivity contribution >= 4 is 11.8 Å². The van der Waals surface area contributed by atoms with Crippen molar-refractivity contribution in [1.29, 1.82) is 0 Å². The van der Waals surface area contributed by atoms with Crippen LogP contribution in [0.15, 0.2) is 24.4 Å². The van der Waals surface area contributed by atoms with Gasteiger partial charge in [0.2, 0.25) is 11.8 Å². The summed E-state index contributed by atoms with van der Waals surface area (Å²) in [5.41, 5.74) is 0.968. The Hall–Kier alpha value is -1.58. The van der Waals surface area contributed by atoms with Crippen LogP contribution in [0.5, 0.6) is 0 Å². The van der Waals surface area contributed by atoms with Crippen molar-refractivity contribution < 1.29 is 9.59 Å². The number of likely N-dealkylation sites (tertiary alicyclic amines) is 1. The molecule has 19 heavy (non-hydrogen) atoms. The molecule has 0 aromatic rings. The van der Waals surface area contributed by atoms with E-state index in [1.54, 1.807) is 6.08 Å². The van der Waals surface area contributed by atoms with E-state index in [0.29, 0.717) is 6.42 Å². The summed E-state index contributed by atoms with van der Waals surface area (Å²) in [6.07, 6.45) is 8.96. The number of hydrogen-bond donors (Lipinski definition) is 0. The normalized spacial score (nSPS) is 19.4. The van der Waals surface area contributed by atoms with Crippen LogP contribution < -0.4 is 0 Å². The second-order valence-corrected chi connectivity index (χ2v) is 5.21. The average Bonchev–Trinajstić information content (AvgIpc) is 2.80. The smallest absolute Gasteiger partial charge is 0.246 e. The maximum atomic E-state index is 12.0. The van der Waals surface area contributed by atoms with E-state index in [2.05, 4.69) is 6.58 Å². The summed E-state index contributed by atoms with van der Waals surface area (Å²) >= 11 is 0. The van der Waals surface area contributed by atoms with Crippen LogP contribution in [0.1, 0.15) is 38.5 Å². The van der Waals surface area contributed by atoms with Crippen LogP contribution in [0.2, 0.25) is 0 Å². The molecular formula is C15H22N2O2. The van der Waals surface area contributed by atoms with Crippen molar-refractivity contribution in [2.24, 2.45) is 0 Å². The van der Waals surface area contributed by atoms with Crippen molar-refractivity contribution in [1.82, 2.24) is 9.80 Å². The van der Waals surface area contributed by atoms with Gasteiger partial charge in [-0.3, -0.25) is 9.59 Å². The average molecular weight is 262 g/mol. The van der Waals surface area contributed by atoms with Crippen LogP contribution in [-0.2, 0) is 9.59 Å². The van der Waals surface area contributed by atoms with Gasteiger partial charge in [-0.15, -0.1) is 0 Å². The fourth-order valence-corrected chi connectivity index (χ4v) is 2.58. The van der Waals surface area contributed by atoms with E-state index < -0.39 is 0 Å². The summed E-state index contributed by atoms with van der Waals surface area (Å²) in [7, 11) is 0. The number of amides is 2. The zero-order chi connectivity index (χ0) is 13.7. The lowest BCUT2D eigenvalue weighted by molar-refractivity contribution is -0.130. The van der Waals surface area contributed by atoms with Crippen LogP contribution in [0.3, 0.4) is 0 Å². The molecule has 0 radical (unpaired) electrons. The Kier molecular flexibility index (Phi) is 4.77. The van der Waals surface area contributed by atoms with E-state index in [4.69, 9.17) is 0 Å². The van der Waals surface area contributed by atoms with E-state index in [-0.39, 0.29) is 11.8 Å². The predicted molar refractivity (Wildman–Crippen MR) is 74.3 cm³/mol. The Morgan fingerprint density at radius 2 is 2.16 bits per heavy atom. The van der Waals surface area contributed by atoms with Gasteiger partial charge in [-0.1, -0.05) is 12.7 Å². The molecule has 4 nitrogen and oxygen atoms in total. The van der Waals surface area contributed by atoms with Crippen molar-refractivity contribution in [2.45, 2.75) is 38.5 Å². The maximum Gasteiger partial charge on any atom is 0.246 e. The molecule has 2 rings (SSSR count). The summed E-state index contributed by atoms with van der Waals surface area (Å²) in [4.78, 5) is 27.0. The van der Waals surface area contributed by atoms with Gasteiger partial charge in [-0.25, -0.2) is 0 Å². The molecule has 0 N–H and O–H groups in total. The zero-order valence-corrected chi connectivity index (χ0v) is 11.4. The Balaban J connectivity index is 1.63. The second-order valence-electron chi connectivity index (χ2n) is 5.21. The van der Waals surface area contributed by atoms with Crippen LogP contribution >= 0.6 is 0 Å². The van der Waals surface area contributed by atoms with Gasteiger partial charge >= 0.3 is 0 Å². The highest BCUT2D eigenvalue weighted by Gasteiger charge is 2.19. The first-order valence-electron chi connectivity index (χ1n) is 7.12. The van der Waals surface area contributed by atoms with Crippen molar-refractivity contribution in [3.63, 3.8) is 0 Å². The molecule has 0 atom stereocenters. The minimum atomic E-state index is 0.0933. The molecular weight excluding hydrogens is 240 g/mol. The molecule has 4 heteroatoms. The monoisotopic (exact) mass is 262 g/mol. The van der Waals surface area contributed by atoms with E-state index >= 15 is 0 Å². The lowest BCUT2D eigenvalue weighted by atomic mass is 10.1. The molecule has 2 aliphatic heterocycles. The number of hydrogen-bond acceptors (Lipinski definition) is 2. The molecule has 0 aliphatic carbocycles. The number of carbonyl (C=O) groups is 2. The third-order valence-corrected chi connectivity index (χ3v) is 3.75. The van der Waals surface area contributed by atoms with Crippen LogP contribution in [-0.4, -0.2) is 41.2 Å². The molecule has 0 unspecified atom stereocenters. The highest BCUT2D eigenvalue weighted by Crippen LogP contribution is 2.20. The fourth-order valence-electron chi connectivity index (χ4n) is 2.58. The second kappa shape index (κ2) is 6.55. The minimum absolute atomic E-state index is 0.0933. The summed E-state index contributed by atoms with van der Waals surface area (Å²) in [5.74, 6) is 0.284. The quantitative estimate of drug-likeness (QED) is 0.712. The van der Waals surface area contributed by atoms with Crippen LogP contribution in [0.4, 0.5) is 0 Å². The van der Waals surface area contributed by atoms with Crippen molar-refractivity contribution in [3.8, 4) is 0 Å². The Morgan fingerprint density at radius 1 is 1.32 bits per heavy atom.